The summed E-state index contributed by atoms with van der Waals surface area (Å²) < 4.78 is 5.29. The largest absolute Gasteiger partial charge is 0.484 e. The smallest absolute Gasteiger partial charge is 0.260 e. The Hall–Kier alpha value is -2.22. The molecule has 5 nitrogen and oxygen atoms in total. The van der Waals surface area contributed by atoms with Gasteiger partial charge in [-0.15, -0.1) is 0 Å². The Bertz CT molecular complexity index is 409. The number of hydrogen-bond acceptors (Lipinski definition) is 4. The van der Waals surface area contributed by atoms with Gasteiger partial charge in [-0.1, -0.05) is 0 Å². The lowest BCUT2D eigenvalue weighted by atomic mass is 10.3. The van der Waals surface area contributed by atoms with Crippen LogP contribution in [-0.4, -0.2) is 31.0 Å². The number of carbonyl (C=O) groups is 1. The maximum absolute atomic E-state index is 11.6. The fourth-order valence-corrected chi connectivity index (χ4v) is 1.16. The van der Waals surface area contributed by atoms with Gasteiger partial charge in [-0.2, -0.15) is 5.26 Å². The van der Waals surface area contributed by atoms with Crippen LogP contribution in [0.4, 0.5) is 5.69 Å². The third-order valence-electron chi connectivity index (χ3n) is 2.23. The first-order valence-corrected chi connectivity index (χ1v) is 5.22. The van der Waals surface area contributed by atoms with Gasteiger partial charge in [0.15, 0.2) is 6.61 Å². The minimum absolute atomic E-state index is 0.0359. The molecule has 0 spiro atoms. The summed E-state index contributed by atoms with van der Waals surface area (Å²) in [4.78, 5) is 13.0. The molecule has 1 amide bonds. The van der Waals surface area contributed by atoms with Crippen LogP contribution in [0.3, 0.4) is 0 Å². The number of carbonyl (C=O) groups excluding carboxylic acids is 1. The minimum Gasteiger partial charge on any atom is -0.484 e. The SMILES string of the molecule is CN(CCC#N)C(=O)COc1ccc(N)cc1. The number of nitrogens with zero attached hydrogens (tertiary/aromatic N) is 2. The molecule has 1 aromatic carbocycles. The van der Waals surface area contributed by atoms with Crippen molar-refractivity contribution >= 4 is 11.6 Å². The molecule has 0 aliphatic rings. The molecular formula is C12H15N3O2. The Kier molecular flexibility index (Phi) is 4.82. The van der Waals surface area contributed by atoms with Crippen molar-refractivity contribution in [2.24, 2.45) is 0 Å². The minimum atomic E-state index is -0.155. The van der Waals surface area contributed by atoms with E-state index >= 15 is 0 Å². The van der Waals surface area contributed by atoms with E-state index in [2.05, 4.69) is 0 Å². The van der Waals surface area contributed by atoms with E-state index in [1.54, 1.807) is 31.3 Å². The number of rotatable bonds is 5. The average Bonchev–Trinajstić information content (AvgIpc) is 2.34. The monoisotopic (exact) mass is 233 g/mol. The predicted molar refractivity (Wildman–Crippen MR) is 64.2 cm³/mol. The number of hydrogen-bond donors (Lipinski definition) is 1. The molecule has 0 aliphatic heterocycles. The number of nitrogen functional groups attached to an aromatic ring is 1. The molecule has 17 heavy (non-hydrogen) atoms. The van der Waals surface area contributed by atoms with Crippen LogP contribution < -0.4 is 10.5 Å². The lowest BCUT2D eigenvalue weighted by Crippen LogP contribution is -2.32. The van der Waals surface area contributed by atoms with E-state index in [0.29, 0.717) is 24.4 Å². The quantitative estimate of drug-likeness (QED) is 0.770. The van der Waals surface area contributed by atoms with E-state index in [-0.39, 0.29) is 12.5 Å². The maximum Gasteiger partial charge on any atom is 0.260 e. The summed E-state index contributed by atoms with van der Waals surface area (Å²) in [6.45, 7) is 0.381. The Labute approximate surface area is 100 Å². The van der Waals surface area contributed by atoms with Crippen molar-refractivity contribution in [3.8, 4) is 11.8 Å². The second-order valence-electron chi connectivity index (χ2n) is 3.58. The number of likely N-dealkylation sites (N-methyl/N-ethyl adjacent to an activating group) is 1. The summed E-state index contributed by atoms with van der Waals surface area (Å²) in [5.41, 5.74) is 6.17. The molecule has 1 aromatic rings. The first kappa shape index (κ1) is 12.8. The van der Waals surface area contributed by atoms with Crippen molar-refractivity contribution in [3.63, 3.8) is 0 Å². The second-order valence-corrected chi connectivity index (χ2v) is 3.58. The second kappa shape index (κ2) is 6.38. The number of nitriles is 1. The van der Waals surface area contributed by atoms with Crippen LogP contribution in [0.2, 0.25) is 0 Å². The van der Waals surface area contributed by atoms with Gasteiger partial charge in [0.05, 0.1) is 12.5 Å². The molecule has 0 heterocycles. The summed E-state index contributed by atoms with van der Waals surface area (Å²) >= 11 is 0. The lowest BCUT2D eigenvalue weighted by Gasteiger charge is -2.15. The molecule has 0 aromatic heterocycles. The van der Waals surface area contributed by atoms with E-state index in [1.165, 1.54) is 4.90 Å². The molecule has 0 saturated carbocycles. The summed E-state index contributed by atoms with van der Waals surface area (Å²) in [7, 11) is 1.64. The van der Waals surface area contributed by atoms with Gasteiger partial charge in [0.1, 0.15) is 5.75 Å². The molecular weight excluding hydrogens is 218 g/mol. The molecule has 1 rings (SSSR count). The zero-order chi connectivity index (χ0) is 12.7. The fraction of sp³-hybridized carbons (Fsp3) is 0.333. The number of benzene rings is 1. The number of amides is 1. The van der Waals surface area contributed by atoms with Gasteiger partial charge in [-0.05, 0) is 24.3 Å². The van der Waals surface area contributed by atoms with E-state index < -0.39 is 0 Å². The van der Waals surface area contributed by atoms with Gasteiger partial charge in [0.2, 0.25) is 0 Å². The van der Waals surface area contributed by atoms with E-state index in [9.17, 15) is 4.79 Å². The Morgan fingerprint density at radius 2 is 2.12 bits per heavy atom. The molecule has 0 fully saturated rings. The van der Waals surface area contributed by atoms with Gasteiger partial charge >= 0.3 is 0 Å². The van der Waals surface area contributed by atoms with Crippen molar-refractivity contribution < 1.29 is 9.53 Å². The highest BCUT2D eigenvalue weighted by Gasteiger charge is 2.08. The van der Waals surface area contributed by atoms with Crippen molar-refractivity contribution in [2.45, 2.75) is 6.42 Å². The van der Waals surface area contributed by atoms with Crippen LogP contribution in [0.5, 0.6) is 5.75 Å². The molecule has 0 unspecified atom stereocenters. The van der Waals surface area contributed by atoms with E-state index in [1.807, 2.05) is 6.07 Å². The average molecular weight is 233 g/mol. The molecule has 0 saturated heterocycles. The standard InChI is InChI=1S/C12H15N3O2/c1-15(8-2-7-13)12(16)9-17-11-5-3-10(14)4-6-11/h3-6H,2,8-9,14H2,1H3. The highest BCUT2D eigenvalue weighted by molar-refractivity contribution is 5.77. The zero-order valence-corrected chi connectivity index (χ0v) is 9.72. The Morgan fingerprint density at radius 3 is 2.71 bits per heavy atom. The summed E-state index contributed by atoms with van der Waals surface area (Å²) in [6.07, 6.45) is 0.324. The van der Waals surface area contributed by atoms with Crippen LogP contribution in [0.15, 0.2) is 24.3 Å². The van der Waals surface area contributed by atoms with Crippen LogP contribution in [0.1, 0.15) is 6.42 Å². The van der Waals surface area contributed by atoms with Crippen LogP contribution in [-0.2, 0) is 4.79 Å². The summed E-state index contributed by atoms with van der Waals surface area (Å²) in [5.74, 6) is 0.443. The third-order valence-corrected chi connectivity index (χ3v) is 2.23. The van der Waals surface area contributed by atoms with Crippen LogP contribution in [0, 0.1) is 11.3 Å². The van der Waals surface area contributed by atoms with Gasteiger partial charge < -0.3 is 15.4 Å². The van der Waals surface area contributed by atoms with Crippen molar-refractivity contribution in [1.82, 2.24) is 4.90 Å². The molecule has 0 radical (unpaired) electrons. The van der Waals surface area contributed by atoms with Crippen molar-refractivity contribution in [1.29, 1.82) is 5.26 Å². The fourth-order valence-electron chi connectivity index (χ4n) is 1.16. The zero-order valence-electron chi connectivity index (χ0n) is 9.72. The third kappa shape index (κ3) is 4.43. The van der Waals surface area contributed by atoms with Gasteiger partial charge in [0, 0.05) is 19.3 Å². The van der Waals surface area contributed by atoms with Gasteiger partial charge in [-0.3, -0.25) is 4.79 Å². The number of ether oxygens (including phenoxy) is 1. The molecule has 90 valence electrons. The number of nitrogens with two attached hydrogens (primary N) is 1. The van der Waals surface area contributed by atoms with Gasteiger partial charge in [0.25, 0.3) is 5.91 Å². The van der Waals surface area contributed by atoms with Crippen molar-refractivity contribution in [2.75, 3.05) is 25.9 Å². The first-order valence-electron chi connectivity index (χ1n) is 5.22. The highest BCUT2D eigenvalue weighted by atomic mass is 16.5. The molecule has 0 bridgehead atoms. The van der Waals surface area contributed by atoms with E-state index in [0.717, 1.165) is 0 Å². The van der Waals surface area contributed by atoms with Crippen LogP contribution in [0.25, 0.3) is 0 Å². The lowest BCUT2D eigenvalue weighted by molar-refractivity contribution is -0.131. The Morgan fingerprint density at radius 1 is 1.47 bits per heavy atom. The maximum atomic E-state index is 11.6. The Balaban J connectivity index is 2.37. The molecule has 0 atom stereocenters. The topological polar surface area (TPSA) is 79.3 Å². The summed E-state index contributed by atoms with van der Waals surface area (Å²) in [6, 6.07) is 8.81. The van der Waals surface area contributed by atoms with E-state index in [4.69, 9.17) is 15.7 Å². The molecule has 2 N–H and O–H groups in total. The summed E-state index contributed by atoms with van der Waals surface area (Å²) in [5, 5.41) is 8.40. The van der Waals surface area contributed by atoms with Crippen LogP contribution >= 0.6 is 0 Å². The molecule has 5 heteroatoms. The van der Waals surface area contributed by atoms with Crippen molar-refractivity contribution in [3.05, 3.63) is 24.3 Å². The van der Waals surface area contributed by atoms with Gasteiger partial charge in [-0.25, -0.2) is 0 Å². The normalized spacial score (nSPS) is 9.41. The molecule has 0 aliphatic carbocycles. The first-order chi connectivity index (χ1) is 8.13. The highest BCUT2D eigenvalue weighted by Crippen LogP contribution is 2.12. The number of anilines is 1. The predicted octanol–water partition coefficient (Wildman–Crippen LogP) is 1.02.